The highest BCUT2D eigenvalue weighted by Gasteiger charge is 2.27. The van der Waals surface area contributed by atoms with Crippen molar-refractivity contribution in [1.82, 2.24) is 4.90 Å². The van der Waals surface area contributed by atoms with E-state index in [1.54, 1.807) is 9.80 Å². The second-order valence-corrected chi connectivity index (χ2v) is 6.80. The standard InChI is InChI=1S/C22H26N2O3/c1-3-18(15-17-9-5-4-6-10-17)23(2)22(26)16-24-19-11-7-8-12-20(19)27-14-13-21(24)25/h4-12,18H,3,13-16H2,1-2H3. The third-order valence-corrected chi connectivity index (χ3v) is 5.05. The lowest BCUT2D eigenvalue weighted by molar-refractivity contribution is -0.132. The van der Waals surface area contributed by atoms with Crippen molar-refractivity contribution in [2.24, 2.45) is 0 Å². The van der Waals surface area contributed by atoms with Gasteiger partial charge in [0.15, 0.2) is 0 Å². The number of hydrogen-bond donors (Lipinski definition) is 0. The fourth-order valence-corrected chi connectivity index (χ4v) is 3.38. The third kappa shape index (κ3) is 4.48. The minimum absolute atomic E-state index is 0.0288. The Kier molecular flexibility index (Phi) is 6.12. The molecule has 5 nitrogen and oxygen atoms in total. The average molecular weight is 366 g/mol. The lowest BCUT2D eigenvalue weighted by atomic mass is 10.0. The molecule has 3 rings (SSSR count). The Morgan fingerprint density at radius 1 is 1.15 bits per heavy atom. The molecule has 1 atom stereocenters. The summed E-state index contributed by atoms with van der Waals surface area (Å²) in [5.74, 6) is 0.496. The SMILES string of the molecule is CCC(Cc1ccccc1)N(C)C(=O)CN1C(=O)CCOc2ccccc21. The molecule has 0 spiro atoms. The molecule has 2 aromatic carbocycles. The molecule has 0 N–H and O–H groups in total. The summed E-state index contributed by atoms with van der Waals surface area (Å²) < 4.78 is 5.65. The zero-order valence-electron chi connectivity index (χ0n) is 15.9. The maximum atomic E-state index is 13.0. The van der Waals surface area contributed by atoms with Gasteiger partial charge in [-0.05, 0) is 30.5 Å². The van der Waals surface area contributed by atoms with Crippen LogP contribution in [0, 0.1) is 0 Å². The van der Waals surface area contributed by atoms with Crippen LogP contribution in [-0.2, 0) is 16.0 Å². The molecule has 0 bridgehead atoms. The molecule has 142 valence electrons. The number of benzene rings is 2. The molecule has 1 aliphatic heterocycles. The normalized spacial score (nSPS) is 14.7. The molecule has 0 aliphatic carbocycles. The molecule has 2 aromatic rings. The number of fused-ring (bicyclic) bond motifs is 1. The predicted molar refractivity (Wildman–Crippen MR) is 106 cm³/mol. The maximum Gasteiger partial charge on any atom is 0.242 e. The summed E-state index contributed by atoms with van der Waals surface area (Å²) in [4.78, 5) is 28.8. The second-order valence-electron chi connectivity index (χ2n) is 6.80. The zero-order valence-corrected chi connectivity index (χ0v) is 15.9. The van der Waals surface area contributed by atoms with Crippen molar-refractivity contribution in [1.29, 1.82) is 0 Å². The second kappa shape index (κ2) is 8.71. The van der Waals surface area contributed by atoms with Gasteiger partial charge in [-0.1, -0.05) is 49.4 Å². The van der Waals surface area contributed by atoms with Crippen LogP contribution in [0.5, 0.6) is 5.75 Å². The molecule has 1 heterocycles. The van der Waals surface area contributed by atoms with Gasteiger partial charge in [0.2, 0.25) is 11.8 Å². The van der Waals surface area contributed by atoms with Gasteiger partial charge in [-0.25, -0.2) is 0 Å². The lowest BCUT2D eigenvalue weighted by Gasteiger charge is -2.30. The number of rotatable bonds is 6. The summed E-state index contributed by atoms with van der Waals surface area (Å²) in [5.41, 5.74) is 1.87. The van der Waals surface area contributed by atoms with Crippen LogP contribution in [0.1, 0.15) is 25.3 Å². The number of carbonyl (C=O) groups is 2. The summed E-state index contributed by atoms with van der Waals surface area (Å²) in [5, 5.41) is 0. The zero-order chi connectivity index (χ0) is 19.2. The van der Waals surface area contributed by atoms with Gasteiger partial charge in [-0.2, -0.15) is 0 Å². The van der Waals surface area contributed by atoms with Crippen molar-refractivity contribution in [3.05, 3.63) is 60.2 Å². The van der Waals surface area contributed by atoms with E-state index in [9.17, 15) is 9.59 Å². The molecule has 0 fully saturated rings. The highest BCUT2D eigenvalue weighted by Crippen LogP contribution is 2.31. The summed E-state index contributed by atoms with van der Waals surface area (Å²) in [6, 6.07) is 17.6. The van der Waals surface area contributed by atoms with E-state index in [-0.39, 0.29) is 30.8 Å². The van der Waals surface area contributed by atoms with Crippen molar-refractivity contribution < 1.29 is 14.3 Å². The molecule has 27 heavy (non-hydrogen) atoms. The highest BCUT2D eigenvalue weighted by molar-refractivity contribution is 6.00. The van der Waals surface area contributed by atoms with Crippen molar-refractivity contribution in [3.63, 3.8) is 0 Å². The van der Waals surface area contributed by atoms with Crippen LogP contribution < -0.4 is 9.64 Å². The highest BCUT2D eigenvalue weighted by atomic mass is 16.5. The van der Waals surface area contributed by atoms with E-state index in [4.69, 9.17) is 4.74 Å². The Morgan fingerprint density at radius 2 is 1.85 bits per heavy atom. The number of likely N-dealkylation sites (N-methyl/N-ethyl adjacent to an activating group) is 1. The van der Waals surface area contributed by atoms with E-state index in [2.05, 4.69) is 19.1 Å². The van der Waals surface area contributed by atoms with Crippen LogP contribution in [0.3, 0.4) is 0 Å². The number of para-hydroxylation sites is 2. The predicted octanol–water partition coefficient (Wildman–Crippen LogP) is 3.28. The van der Waals surface area contributed by atoms with Gasteiger partial charge in [-0.15, -0.1) is 0 Å². The first-order valence-electron chi connectivity index (χ1n) is 9.42. The molecular weight excluding hydrogens is 340 g/mol. The fraction of sp³-hybridized carbons (Fsp3) is 0.364. The monoisotopic (exact) mass is 366 g/mol. The Balaban J connectivity index is 1.74. The third-order valence-electron chi connectivity index (χ3n) is 5.05. The molecule has 0 saturated heterocycles. The van der Waals surface area contributed by atoms with Gasteiger partial charge in [0.05, 0.1) is 18.7 Å². The number of ether oxygens (including phenoxy) is 1. The van der Waals surface area contributed by atoms with E-state index < -0.39 is 0 Å². The minimum atomic E-state index is -0.0854. The molecular formula is C22H26N2O3. The van der Waals surface area contributed by atoms with Crippen LogP contribution in [0.15, 0.2) is 54.6 Å². The van der Waals surface area contributed by atoms with Crippen LogP contribution in [0.2, 0.25) is 0 Å². The molecule has 5 heteroatoms. The number of carbonyl (C=O) groups excluding carboxylic acids is 2. The van der Waals surface area contributed by atoms with Crippen LogP contribution in [0.4, 0.5) is 5.69 Å². The molecule has 0 aromatic heterocycles. The first-order chi connectivity index (χ1) is 13.1. The Bertz CT molecular complexity index is 791. The first-order valence-corrected chi connectivity index (χ1v) is 9.42. The Labute approximate surface area is 160 Å². The van der Waals surface area contributed by atoms with E-state index in [0.717, 1.165) is 12.8 Å². The van der Waals surface area contributed by atoms with Crippen LogP contribution in [0.25, 0.3) is 0 Å². The van der Waals surface area contributed by atoms with Crippen molar-refractivity contribution in [2.75, 3.05) is 25.1 Å². The maximum absolute atomic E-state index is 13.0. The van der Waals surface area contributed by atoms with E-state index >= 15 is 0 Å². The number of hydrogen-bond acceptors (Lipinski definition) is 3. The molecule has 1 aliphatic rings. The van der Waals surface area contributed by atoms with E-state index in [0.29, 0.717) is 18.0 Å². The minimum Gasteiger partial charge on any atom is -0.491 e. The lowest BCUT2D eigenvalue weighted by Crippen LogP contribution is -2.45. The van der Waals surface area contributed by atoms with E-state index in [1.165, 1.54) is 5.56 Å². The fourth-order valence-electron chi connectivity index (χ4n) is 3.38. The average Bonchev–Trinajstić information content (AvgIpc) is 2.85. The van der Waals surface area contributed by atoms with Gasteiger partial charge >= 0.3 is 0 Å². The molecule has 0 radical (unpaired) electrons. The van der Waals surface area contributed by atoms with Gasteiger partial charge in [-0.3, -0.25) is 14.5 Å². The van der Waals surface area contributed by atoms with E-state index in [1.807, 2.05) is 49.5 Å². The summed E-state index contributed by atoms with van der Waals surface area (Å²) >= 11 is 0. The summed E-state index contributed by atoms with van der Waals surface area (Å²) in [7, 11) is 1.82. The molecule has 2 amide bonds. The van der Waals surface area contributed by atoms with Crippen LogP contribution in [-0.4, -0.2) is 43.0 Å². The Morgan fingerprint density at radius 3 is 2.59 bits per heavy atom. The van der Waals surface area contributed by atoms with Gasteiger partial charge in [0.25, 0.3) is 0 Å². The van der Waals surface area contributed by atoms with Crippen LogP contribution >= 0.6 is 0 Å². The molecule has 1 unspecified atom stereocenters. The van der Waals surface area contributed by atoms with Crippen molar-refractivity contribution in [2.45, 2.75) is 32.2 Å². The number of amides is 2. The topological polar surface area (TPSA) is 49.9 Å². The smallest absolute Gasteiger partial charge is 0.242 e. The van der Waals surface area contributed by atoms with Crippen molar-refractivity contribution in [3.8, 4) is 5.75 Å². The summed E-state index contributed by atoms with van der Waals surface area (Å²) in [6.45, 7) is 2.45. The van der Waals surface area contributed by atoms with Gasteiger partial charge in [0, 0.05) is 13.1 Å². The summed E-state index contributed by atoms with van der Waals surface area (Å²) in [6.07, 6.45) is 1.92. The quantitative estimate of drug-likeness (QED) is 0.788. The van der Waals surface area contributed by atoms with Gasteiger partial charge in [0.1, 0.15) is 12.3 Å². The first kappa shape index (κ1) is 19.0. The largest absolute Gasteiger partial charge is 0.491 e. The number of nitrogens with zero attached hydrogens (tertiary/aromatic N) is 2. The molecule has 0 saturated carbocycles. The Hall–Kier alpha value is -2.82. The van der Waals surface area contributed by atoms with Gasteiger partial charge < -0.3 is 9.64 Å². The van der Waals surface area contributed by atoms with Crippen molar-refractivity contribution >= 4 is 17.5 Å². The number of anilines is 1.